The van der Waals surface area contributed by atoms with Crippen molar-refractivity contribution in [1.82, 2.24) is 4.90 Å². The molecule has 0 bridgehead atoms. The second-order valence-corrected chi connectivity index (χ2v) is 3.63. The molecule has 1 fully saturated rings. The fraction of sp³-hybridized carbons (Fsp3) is 0.875. The topological polar surface area (TPSA) is 72.3 Å². The predicted octanol–water partition coefficient (Wildman–Crippen LogP) is -0.859. The van der Waals surface area contributed by atoms with Crippen molar-refractivity contribution in [2.45, 2.75) is 19.4 Å². The van der Waals surface area contributed by atoms with Gasteiger partial charge in [-0.1, -0.05) is 6.92 Å². The zero-order chi connectivity index (χ0) is 9.14. The number of nitrogens with two attached hydrogens (primary N) is 2. The van der Waals surface area contributed by atoms with Crippen molar-refractivity contribution in [3.63, 3.8) is 0 Å². The Morgan fingerprint density at radius 1 is 1.67 bits per heavy atom. The maximum Gasteiger partial charge on any atom is 0.231 e. The summed E-state index contributed by atoms with van der Waals surface area (Å²) in [7, 11) is 0. The first-order valence-electron chi connectivity index (χ1n) is 4.36. The second kappa shape index (κ2) is 3.87. The van der Waals surface area contributed by atoms with E-state index in [9.17, 15) is 4.79 Å². The Morgan fingerprint density at radius 2 is 2.33 bits per heavy atom. The van der Waals surface area contributed by atoms with E-state index in [1.54, 1.807) is 0 Å². The minimum atomic E-state index is -0.252. The number of likely N-dealkylation sites (tertiary alicyclic amines) is 1. The van der Waals surface area contributed by atoms with E-state index in [0.29, 0.717) is 12.5 Å². The van der Waals surface area contributed by atoms with E-state index >= 15 is 0 Å². The Balaban J connectivity index is 2.35. The minimum absolute atomic E-state index is 0.252. The molecule has 1 amide bonds. The van der Waals surface area contributed by atoms with Crippen molar-refractivity contribution in [1.29, 1.82) is 0 Å². The van der Waals surface area contributed by atoms with Crippen molar-refractivity contribution < 1.29 is 4.79 Å². The van der Waals surface area contributed by atoms with Crippen LogP contribution in [0, 0.1) is 5.92 Å². The molecule has 1 aliphatic heterocycles. The second-order valence-electron chi connectivity index (χ2n) is 3.63. The van der Waals surface area contributed by atoms with E-state index < -0.39 is 0 Å². The van der Waals surface area contributed by atoms with Crippen LogP contribution in [0.2, 0.25) is 0 Å². The van der Waals surface area contributed by atoms with Crippen molar-refractivity contribution >= 4 is 5.91 Å². The molecule has 4 nitrogen and oxygen atoms in total. The van der Waals surface area contributed by atoms with Crippen LogP contribution < -0.4 is 11.5 Å². The summed E-state index contributed by atoms with van der Waals surface area (Å²) in [5, 5.41) is 0. The number of hydrogen-bond acceptors (Lipinski definition) is 3. The van der Waals surface area contributed by atoms with Crippen LogP contribution in [0.4, 0.5) is 0 Å². The van der Waals surface area contributed by atoms with E-state index in [4.69, 9.17) is 11.5 Å². The molecule has 1 rings (SSSR count). The van der Waals surface area contributed by atoms with Crippen molar-refractivity contribution in [2.75, 3.05) is 19.6 Å². The number of carbonyl (C=O) groups excluding carboxylic acids is 1. The standard InChI is InChI=1S/C8H17N3O/c1-6-4-11(5-8(10)12)3-2-7(6)9/h6-7H,2-5,9H2,1H3,(H2,10,12). The smallest absolute Gasteiger partial charge is 0.231 e. The minimum Gasteiger partial charge on any atom is -0.369 e. The molecular formula is C8H17N3O. The molecule has 0 aromatic heterocycles. The largest absolute Gasteiger partial charge is 0.369 e. The van der Waals surface area contributed by atoms with Gasteiger partial charge in [0.05, 0.1) is 6.54 Å². The van der Waals surface area contributed by atoms with Gasteiger partial charge in [-0.2, -0.15) is 0 Å². The highest BCUT2D eigenvalue weighted by Crippen LogP contribution is 2.13. The van der Waals surface area contributed by atoms with Crippen LogP contribution in [0.5, 0.6) is 0 Å². The van der Waals surface area contributed by atoms with Crippen molar-refractivity contribution in [2.24, 2.45) is 17.4 Å². The van der Waals surface area contributed by atoms with Crippen LogP contribution in [-0.2, 0) is 4.79 Å². The summed E-state index contributed by atoms with van der Waals surface area (Å²) in [6.07, 6.45) is 0.967. The first-order chi connectivity index (χ1) is 5.59. The van der Waals surface area contributed by atoms with Gasteiger partial charge in [0, 0.05) is 19.1 Å². The number of amides is 1. The number of nitrogens with zero attached hydrogens (tertiary/aromatic N) is 1. The summed E-state index contributed by atoms with van der Waals surface area (Å²) in [6.45, 7) is 4.27. The maximum atomic E-state index is 10.6. The molecule has 0 spiro atoms. The lowest BCUT2D eigenvalue weighted by Crippen LogP contribution is -2.48. The Hall–Kier alpha value is -0.610. The maximum absolute atomic E-state index is 10.6. The van der Waals surface area contributed by atoms with Gasteiger partial charge < -0.3 is 11.5 Å². The monoisotopic (exact) mass is 171 g/mol. The third kappa shape index (κ3) is 2.46. The number of primary amides is 1. The molecule has 2 atom stereocenters. The summed E-state index contributed by atoms with van der Waals surface area (Å²) >= 11 is 0. The molecule has 0 aromatic rings. The van der Waals surface area contributed by atoms with E-state index in [1.165, 1.54) is 0 Å². The van der Waals surface area contributed by atoms with Crippen LogP contribution in [-0.4, -0.2) is 36.5 Å². The number of carbonyl (C=O) groups is 1. The Bertz CT molecular complexity index is 172. The Labute approximate surface area is 72.9 Å². The number of rotatable bonds is 2. The molecular weight excluding hydrogens is 154 g/mol. The number of piperidine rings is 1. The summed E-state index contributed by atoms with van der Waals surface area (Å²) in [4.78, 5) is 12.7. The van der Waals surface area contributed by atoms with E-state index in [1.807, 2.05) is 0 Å². The predicted molar refractivity (Wildman–Crippen MR) is 47.4 cm³/mol. The van der Waals surface area contributed by atoms with Gasteiger partial charge >= 0.3 is 0 Å². The van der Waals surface area contributed by atoms with E-state index in [2.05, 4.69) is 11.8 Å². The van der Waals surface area contributed by atoms with Crippen LogP contribution in [0.25, 0.3) is 0 Å². The molecule has 1 heterocycles. The molecule has 4 heteroatoms. The Morgan fingerprint density at radius 3 is 2.83 bits per heavy atom. The quantitative estimate of drug-likeness (QED) is 0.568. The summed E-state index contributed by atoms with van der Waals surface area (Å²) < 4.78 is 0. The van der Waals surface area contributed by atoms with Gasteiger partial charge in [-0.3, -0.25) is 9.69 Å². The molecule has 1 saturated heterocycles. The fourth-order valence-electron chi connectivity index (χ4n) is 1.61. The van der Waals surface area contributed by atoms with Gasteiger partial charge in [-0.25, -0.2) is 0 Å². The molecule has 0 aliphatic carbocycles. The average molecular weight is 171 g/mol. The van der Waals surface area contributed by atoms with Crippen LogP contribution in [0.15, 0.2) is 0 Å². The highest BCUT2D eigenvalue weighted by molar-refractivity contribution is 5.75. The van der Waals surface area contributed by atoms with Gasteiger partial charge in [0.1, 0.15) is 0 Å². The SMILES string of the molecule is CC1CN(CC(N)=O)CCC1N. The highest BCUT2D eigenvalue weighted by Gasteiger charge is 2.23. The van der Waals surface area contributed by atoms with Gasteiger partial charge in [-0.05, 0) is 12.3 Å². The lowest BCUT2D eigenvalue weighted by Gasteiger charge is -2.34. The lowest BCUT2D eigenvalue weighted by molar-refractivity contribution is -0.119. The molecule has 12 heavy (non-hydrogen) atoms. The molecule has 4 N–H and O–H groups in total. The average Bonchev–Trinajstić information content (AvgIpc) is 1.96. The normalized spacial score (nSPS) is 31.8. The van der Waals surface area contributed by atoms with E-state index in [-0.39, 0.29) is 11.9 Å². The molecule has 1 aliphatic rings. The van der Waals surface area contributed by atoms with Gasteiger partial charge in [0.15, 0.2) is 0 Å². The van der Waals surface area contributed by atoms with Gasteiger partial charge in [0.2, 0.25) is 5.91 Å². The zero-order valence-electron chi connectivity index (χ0n) is 7.49. The molecule has 70 valence electrons. The zero-order valence-corrected chi connectivity index (χ0v) is 7.49. The molecule has 0 saturated carbocycles. The molecule has 0 radical (unpaired) electrons. The van der Waals surface area contributed by atoms with Crippen LogP contribution in [0.3, 0.4) is 0 Å². The summed E-state index contributed by atoms with van der Waals surface area (Å²) in [5.74, 6) is 0.218. The van der Waals surface area contributed by atoms with Crippen molar-refractivity contribution in [3.8, 4) is 0 Å². The van der Waals surface area contributed by atoms with Crippen LogP contribution >= 0.6 is 0 Å². The Kier molecular flexibility index (Phi) is 3.05. The fourth-order valence-corrected chi connectivity index (χ4v) is 1.61. The first kappa shape index (κ1) is 9.48. The third-order valence-electron chi connectivity index (χ3n) is 2.44. The molecule has 2 unspecified atom stereocenters. The number of hydrogen-bond donors (Lipinski definition) is 2. The third-order valence-corrected chi connectivity index (χ3v) is 2.44. The van der Waals surface area contributed by atoms with Crippen LogP contribution in [0.1, 0.15) is 13.3 Å². The van der Waals surface area contributed by atoms with Crippen molar-refractivity contribution in [3.05, 3.63) is 0 Å². The highest BCUT2D eigenvalue weighted by atomic mass is 16.1. The van der Waals surface area contributed by atoms with Gasteiger partial charge in [-0.15, -0.1) is 0 Å². The van der Waals surface area contributed by atoms with E-state index in [0.717, 1.165) is 19.5 Å². The molecule has 0 aromatic carbocycles. The summed E-state index contributed by atoms with van der Waals surface area (Å²) in [5.41, 5.74) is 10.9. The first-order valence-corrected chi connectivity index (χ1v) is 4.36. The summed E-state index contributed by atoms with van der Waals surface area (Å²) in [6, 6.07) is 0.286. The lowest BCUT2D eigenvalue weighted by atomic mass is 9.95. The van der Waals surface area contributed by atoms with Gasteiger partial charge in [0.25, 0.3) is 0 Å².